The fourth-order valence-corrected chi connectivity index (χ4v) is 5.78. The van der Waals surface area contributed by atoms with Crippen molar-refractivity contribution in [2.75, 3.05) is 13.2 Å². The summed E-state index contributed by atoms with van der Waals surface area (Å²) in [5, 5.41) is 1.45. The van der Waals surface area contributed by atoms with Crippen molar-refractivity contribution in [1.82, 2.24) is 0 Å². The molecule has 106 valence electrons. The van der Waals surface area contributed by atoms with Crippen LogP contribution in [0.2, 0.25) is 0 Å². The minimum Gasteiger partial charge on any atom is -0.348 e. The summed E-state index contributed by atoms with van der Waals surface area (Å²) in [7, 11) is -0.179. The summed E-state index contributed by atoms with van der Waals surface area (Å²) in [6.07, 6.45) is 0.842. The third-order valence-corrected chi connectivity index (χ3v) is 6.60. The molecule has 0 bridgehead atoms. The van der Waals surface area contributed by atoms with Gasteiger partial charge in [-0.15, -0.1) is 0 Å². The molecule has 2 nitrogen and oxygen atoms in total. The summed E-state index contributed by atoms with van der Waals surface area (Å²) in [6.45, 7) is 10.9. The molecule has 0 aliphatic carbocycles. The quantitative estimate of drug-likeness (QED) is 0.775. The van der Waals surface area contributed by atoms with Crippen molar-refractivity contribution >= 4 is 13.2 Å². The molecule has 0 saturated carbocycles. The van der Waals surface area contributed by atoms with Gasteiger partial charge in [0.05, 0.1) is 13.2 Å². The van der Waals surface area contributed by atoms with Gasteiger partial charge in [0.1, 0.15) is 0 Å². The summed E-state index contributed by atoms with van der Waals surface area (Å²) in [5.41, 5.74) is 2.61. The predicted octanol–water partition coefficient (Wildman–Crippen LogP) is 4.05. The molecule has 2 rings (SSSR count). The van der Waals surface area contributed by atoms with Crippen LogP contribution in [0.4, 0.5) is 0 Å². The first-order valence-electron chi connectivity index (χ1n) is 7.21. The van der Waals surface area contributed by atoms with Gasteiger partial charge in [-0.05, 0) is 23.0 Å². The molecule has 1 aromatic rings. The fourth-order valence-electron chi connectivity index (χ4n) is 2.74. The van der Waals surface area contributed by atoms with E-state index in [1.54, 1.807) is 0 Å². The smallest absolute Gasteiger partial charge is 0.184 e. The zero-order valence-corrected chi connectivity index (χ0v) is 13.3. The van der Waals surface area contributed by atoms with Crippen LogP contribution in [-0.2, 0) is 9.47 Å². The van der Waals surface area contributed by atoms with E-state index in [0.717, 1.165) is 19.6 Å². The highest BCUT2D eigenvalue weighted by Gasteiger charge is 2.26. The second-order valence-corrected chi connectivity index (χ2v) is 8.94. The number of hydrogen-bond acceptors (Lipinski definition) is 2. The Kier molecular flexibility index (Phi) is 5.38. The Morgan fingerprint density at radius 3 is 2.16 bits per heavy atom. The lowest BCUT2D eigenvalue weighted by atomic mass is 10.2. The highest BCUT2D eigenvalue weighted by atomic mass is 31.1. The lowest BCUT2D eigenvalue weighted by molar-refractivity contribution is -0.182. The zero-order chi connectivity index (χ0) is 13.8. The van der Waals surface area contributed by atoms with Crippen molar-refractivity contribution in [2.45, 2.75) is 51.7 Å². The van der Waals surface area contributed by atoms with E-state index in [1.807, 2.05) is 0 Å². The molecule has 0 aromatic heterocycles. The maximum atomic E-state index is 5.80. The third-order valence-electron chi connectivity index (χ3n) is 3.41. The normalized spacial score (nSPS) is 17.6. The molecule has 0 N–H and O–H groups in total. The highest BCUT2D eigenvalue weighted by Crippen LogP contribution is 2.46. The average molecular weight is 280 g/mol. The molecule has 0 radical (unpaired) electrons. The molecule has 0 atom stereocenters. The molecule has 0 amide bonds. The van der Waals surface area contributed by atoms with E-state index in [2.05, 4.69) is 52.0 Å². The van der Waals surface area contributed by atoms with Gasteiger partial charge in [-0.2, -0.15) is 0 Å². The maximum absolute atomic E-state index is 5.80. The van der Waals surface area contributed by atoms with Crippen molar-refractivity contribution in [3.05, 3.63) is 29.8 Å². The monoisotopic (exact) mass is 280 g/mol. The second kappa shape index (κ2) is 6.83. The Morgan fingerprint density at radius 2 is 1.58 bits per heavy atom. The molecular weight excluding hydrogens is 255 g/mol. The Labute approximate surface area is 118 Å². The average Bonchev–Trinajstić information content (AvgIpc) is 2.39. The van der Waals surface area contributed by atoms with Crippen LogP contribution in [0.3, 0.4) is 0 Å². The van der Waals surface area contributed by atoms with Gasteiger partial charge in [0, 0.05) is 5.56 Å². The van der Waals surface area contributed by atoms with E-state index in [4.69, 9.17) is 9.47 Å². The molecule has 1 heterocycles. The molecule has 0 spiro atoms. The molecule has 19 heavy (non-hydrogen) atoms. The summed E-state index contributed by atoms with van der Waals surface area (Å²) < 4.78 is 11.6. The Morgan fingerprint density at radius 1 is 1.00 bits per heavy atom. The third kappa shape index (κ3) is 3.56. The standard InChI is InChI=1S/C16H25O2P/c1-12(2)19(13(3)4)15-9-6-5-8-14(15)16-17-10-7-11-18-16/h5-6,8-9,12-13,16H,7,10-11H2,1-4H3. The van der Waals surface area contributed by atoms with E-state index in [9.17, 15) is 0 Å². The van der Waals surface area contributed by atoms with Crippen LogP contribution >= 0.6 is 7.92 Å². The molecule has 3 heteroatoms. The maximum Gasteiger partial charge on any atom is 0.184 e. The number of hydrogen-bond donors (Lipinski definition) is 0. The lowest BCUT2D eigenvalue weighted by Gasteiger charge is -2.31. The largest absolute Gasteiger partial charge is 0.348 e. The zero-order valence-electron chi connectivity index (χ0n) is 12.4. The Bertz CT molecular complexity index is 389. The van der Waals surface area contributed by atoms with Gasteiger partial charge in [0.25, 0.3) is 0 Å². The predicted molar refractivity (Wildman–Crippen MR) is 82.5 cm³/mol. The van der Waals surface area contributed by atoms with Crippen LogP contribution in [0.15, 0.2) is 24.3 Å². The van der Waals surface area contributed by atoms with E-state index >= 15 is 0 Å². The number of benzene rings is 1. The van der Waals surface area contributed by atoms with Crippen LogP contribution in [0.5, 0.6) is 0 Å². The lowest BCUT2D eigenvalue weighted by Crippen LogP contribution is -2.25. The van der Waals surface area contributed by atoms with Gasteiger partial charge in [-0.25, -0.2) is 0 Å². The second-order valence-electron chi connectivity index (χ2n) is 5.58. The molecule has 0 unspecified atom stereocenters. The van der Waals surface area contributed by atoms with Gasteiger partial charge in [-0.3, -0.25) is 0 Å². The SMILES string of the molecule is CC(C)P(c1ccccc1C1OCCCO1)C(C)C. The van der Waals surface area contributed by atoms with Crippen molar-refractivity contribution in [2.24, 2.45) is 0 Å². The molecule has 1 fully saturated rings. The first-order valence-corrected chi connectivity index (χ1v) is 8.69. The summed E-state index contributed by atoms with van der Waals surface area (Å²) >= 11 is 0. The van der Waals surface area contributed by atoms with Crippen LogP contribution in [0.1, 0.15) is 46.0 Å². The van der Waals surface area contributed by atoms with E-state index in [-0.39, 0.29) is 14.2 Å². The van der Waals surface area contributed by atoms with E-state index < -0.39 is 0 Å². The van der Waals surface area contributed by atoms with Gasteiger partial charge >= 0.3 is 0 Å². The van der Waals surface area contributed by atoms with Crippen LogP contribution in [0.25, 0.3) is 0 Å². The van der Waals surface area contributed by atoms with E-state index in [0.29, 0.717) is 11.3 Å². The molecule has 1 aromatic carbocycles. The van der Waals surface area contributed by atoms with E-state index in [1.165, 1.54) is 10.9 Å². The summed E-state index contributed by atoms with van der Waals surface area (Å²) in [5.74, 6) is 0. The minimum atomic E-state index is -0.179. The van der Waals surface area contributed by atoms with Crippen LogP contribution < -0.4 is 5.30 Å². The fraction of sp³-hybridized carbons (Fsp3) is 0.625. The van der Waals surface area contributed by atoms with Crippen molar-refractivity contribution in [3.63, 3.8) is 0 Å². The molecular formula is C16H25O2P. The summed E-state index contributed by atoms with van der Waals surface area (Å²) in [4.78, 5) is 0. The van der Waals surface area contributed by atoms with Gasteiger partial charge < -0.3 is 9.47 Å². The first-order chi connectivity index (χ1) is 9.11. The van der Waals surface area contributed by atoms with Crippen LogP contribution in [0, 0.1) is 0 Å². The van der Waals surface area contributed by atoms with Gasteiger partial charge in [0.15, 0.2) is 6.29 Å². The van der Waals surface area contributed by atoms with Gasteiger partial charge in [0.2, 0.25) is 0 Å². The Hall–Kier alpha value is -0.430. The van der Waals surface area contributed by atoms with Crippen LogP contribution in [-0.4, -0.2) is 24.5 Å². The highest BCUT2D eigenvalue weighted by molar-refractivity contribution is 7.67. The topological polar surface area (TPSA) is 18.5 Å². The van der Waals surface area contributed by atoms with Crippen molar-refractivity contribution < 1.29 is 9.47 Å². The van der Waals surface area contributed by atoms with Crippen molar-refractivity contribution in [1.29, 1.82) is 0 Å². The van der Waals surface area contributed by atoms with Crippen molar-refractivity contribution in [3.8, 4) is 0 Å². The first kappa shape index (κ1) is 15.0. The van der Waals surface area contributed by atoms with Gasteiger partial charge in [-0.1, -0.05) is 59.9 Å². The Balaban J connectivity index is 2.33. The number of ether oxygens (including phenoxy) is 2. The number of rotatable bonds is 4. The molecule has 1 aliphatic rings. The molecule has 1 saturated heterocycles. The molecule has 1 aliphatic heterocycles. The minimum absolute atomic E-state index is 0.160. The summed E-state index contributed by atoms with van der Waals surface area (Å²) in [6, 6.07) is 8.67.